The molecule has 0 saturated heterocycles. The van der Waals surface area contributed by atoms with Crippen molar-refractivity contribution in [3.63, 3.8) is 0 Å². The van der Waals surface area contributed by atoms with Gasteiger partial charge in [-0.3, -0.25) is 0 Å². The normalized spacial score (nSPS) is 11.3. The second-order valence-electron chi connectivity index (χ2n) is 1.73. The van der Waals surface area contributed by atoms with Crippen LogP contribution in [0.5, 0.6) is 5.88 Å². The van der Waals surface area contributed by atoms with Gasteiger partial charge in [-0.1, -0.05) is 0 Å². The Morgan fingerprint density at radius 2 is 1.83 bits per heavy atom. The molecule has 1 rings (SSSR count). The van der Waals surface area contributed by atoms with Crippen LogP contribution in [-0.4, -0.2) is 16.3 Å². The zero-order valence-electron chi connectivity index (χ0n) is 5.47. The molecule has 0 aliphatic rings. The number of alkyl halides is 3. The summed E-state index contributed by atoms with van der Waals surface area (Å²) in [7, 11) is 0. The summed E-state index contributed by atoms with van der Waals surface area (Å²) < 4.78 is 49.7. The first-order chi connectivity index (χ1) is 5.47. The van der Waals surface area contributed by atoms with Gasteiger partial charge in [-0.2, -0.15) is 4.39 Å². The van der Waals surface area contributed by atoms with Crippen molar-refractivity contribution in [2.45, 2.75) is 6.36 Å². The minimum absolute atomic E-state index is 0.529. The molecular weight excluding hydrogens is 180 g/mol. The highest BCUT2D eigenvalue weighted by Gasteiger charge is 2.31. The molecule has 0 N–H and O–H groups in total. The average molecular weight is 182 g/mol. The highest BCUT2D eigenvalue weighted by Crippen LogP contribution is 2.19. The Morgan fingerprint density at radius 1 is 1.17 bits per heavy atom. The van der Waals surface area contributed by atoms with Crippen LogP contribution in [0.2, 0.25) is 0 Å². The van der Waals surface area contributed by atoms with E-state index < -0.39 is 18.2 Å². The molecule has 0 saturated carbocycles. The van der Waals surface area contributed by atoms with Crippen LogP contribution in [0.3, 0.4) is 0 Å². The van der Waals surface area contributed by atoms with E-state index in [1.165, 1.54) is 0 Å². The Labute approximate surface area is 64.0 Å². The highest BCUT2D eigenvalue weighted by atomic mass is 19.4. The van der Waals surface area contributed by atoms with Crippen LogP contribution in [-0.2, 0) is 0 Å². The quantitative estimate of drug-likeness (QED) is 0.617. The lowest BCUT2D eigenvalue weighted by Crippen LogP contribution is -2.18. The van der Waals surface area contributed by atoms with Gasteiger partial charge in [0.25, 0.3) is 0 Å². The lowest BCUT2D eigenvalue weighted by Gasteiger charge is -2.05. The van der Waals surface area contributed by atoms with Gasteiger partial charge in [0.05, 0.1) is 12.4 Å². The van der Waals surface area contributed by atoms with Crippen LogP contribution < -0.4 is 4.74 Å². The van der Waals surface area contributed by atoms with E-state index in [0.29, 0.717) is 12.4 Å². The number of ether oxygens (including phenoxy) is 1. The second-order valence-corrected chi connectivity index (χ2v) is 1.73. The van der Waals surface area contributed by atoms with E-state index in [1.54, 1.807) is 0 Å². The van der Waals surface area contributed by atoms with Crippen molar-refractivity contribution in [3.8, 4) is 5.88 Å². The van der Waals surface area contributed by atoms with Crippen LogP contribution in [0.1, 0.15) is 0 Å². The van der Waals surface area contributed by atoms with Crippen molar-refractivity contribution in [2.24, 2.45) is 0 Å². The van der Waals surface area contributed by atoms with Gasteiger partial charge >= 0.3 is 6.36 Å². The molecule has 0 atom stereocenters. The molecule has 66 valence electrons. The summed E-state index contributed by atoms with van der Waals surface area (Å²) in [5.41, 5.74) is 0. The third-order valence-corrected chi connectivity index (χ3v) is 0.817. The predicted octanol–water partition coefficient (Wildman–Crippen LogP) is 1.51. The van der Waals surface area contributed by atoms with Crippen LogP contribution in [0.4, 0.5) is 17.6 Å². The van der Waals surface area contributed by atoms with E-state index in [1.807, 2.05) is 0 Å². The lowest BCUT2D eigenvalue weighted by molar-refractivity contribution is -0.276. The second kappa shape index (κ2) is 2.92. The van der Waals surface area contributed by atoms with Crippen LogP contribution in [0.15, 0.2) is 12.4 Å². The topological polar surface area (TPSA) is 35.0 Å². The Kier molecular flexibility index (Phi) is 2.11. The van der Waals surface area contributed by atoms with E-state index >= 15 is 0 Å². The van der Waals surface area contributed by atoms with Crippen LogP contribution in [0, 0.1) is 5.95 Å². The van der Waals surface area contributed by atoms with Crippen molar-refractivity contribution in [3.05, 3.63) is 18.3 Å². The standard InChI is InChI=1S/C5H2F4N2O/c6-3-1-11-4(2-10-3)12-5(7,8)9/h1-2H. The van der Waals surface area contributed by atoms with Crippen LogP contribution >= 0.6 is 0 Å². The number of hydrogen-bond donors (Lipinski definition) is 0. The number of nitrogens with zero attached hydrogens (tertiary/aromatic N) is 2. The molecule has 0 spiro atoms. The maximum absolute atomic E-state index is 12.0. The Balaban J connectivity index is 2.71. The number of rotatable bonds is 1. The van der Waals surface area contributed by atoms with Gasteiger partial charge in [-0.15, -0.1) is 13.2 Å². The molecule has 1 aromatic heterocycles. The minimum Gasteiger partial charge on any atom is -0.386 e. The molecule has 1 aromatic rings. The Morgan fingerprint density at radius 3 is 2.25 bits per heavy atom. The Hall–Kier alpha value is -1.40. The Bertz CT molecular complexity index is 257. The van der Waals surface area contributed by atoms with Gasteiger partial charge in [-0.25, -0.2) is 9.97 Å². The van der Waals surface area contributed by atoms with Gasteiger partial charge in [0.2, 0.25) is 11.8 Å². The average Bonchev–Trinajstić information content (AvgIpc) is 1.91. The molecular formula is C5H2F4N2O. The van der Waals surface area contributed by atoms with Crippen molar-refractivity contribution < 1.29 is 22.3 Å². The van der Waals surface area contributed by atoms with Crippen molar-refractivity contribution in [1.29, 1.82) is 0 Å². The van der Waals surface area contributed by atoms with Gasteiger partial charge in [-0.05, 0) is 0 Å². The largest absolute Gasteiger partial charge is 0.574 e. The van der Waals surface area contributed by atoms with Crippen LogP contribution in [0.25, 0.3) is 0 Å². The number of hydrogen-bond acceptors (Lipinski definition) is 3. The van der Waals surface area contributed by atoms with Gasteiger partial charge < -0.3 is 4.74 Å². The van der Waals surface area contributed by atoms with Crippen molar-refractivity contribution >= 4 is 0 Å². The summed E-state index contributed by atoms with van der Waals surface area (Å²) in [5.74, 6) is -1.76. The SMILES string of the molecule is Fc1cnc(OC(F)(F)F)cn1. The van der Waals surface area contributed by atoms with Gasteiger partial charge in [0, 0.05) is 0 Å². The molecule has 0 aliphatic carbocycles. The summed E-state index contributed by atoms with van der Waals surface area (Å²) in [5, 5.41) is 0. The predicted molar refractivity (Wildman–Crippen MR) is 28.7 cm³/mol. The van der Waals surface area contributed by atoms with Crippen molar-refractivity contribution in [2.75, 3.05) is 0 Å². The van der Waals surface area contributed by atoms with E-state index in [9.17, 15) is 17.6 Å². The van der Waals surface area contributed by atoms with E-state index in [2.05, 4.69) is 14.7 Å². The first-order valence-corrected chi connectivity index (χ1v) is 2.71. The molecule has 0 bridgehead atoms. The van der Waals surface area contributed by atoms with E-state index in [-0.39, 0.29) is 0 Å². The summed E-state index contributed by atoms with van der Waals surface area (Å²) in [6, 6.07) is 0. The molecule has 7 heteroatoms. The summed E-state index contributed by atoms with van der Waals surface area (Å²) in [4.78, 5) is 5.89. The first-order valence-electron chi connectivity index (χ1n) is 2.71. The number of halogens is 4. The molecule has 0 unspecified atom stereocenters. The fourth-order valence-corrected chi connectivity index (χ4v) is 0.472. The molecule has 12 heavy (non-hydrogen) atoms. The monoisotopic (exact) mass is 182 g/mol. The molecule has 0 amide bonds. The van der Waals surface area contributed by atoms with Crippen molar-refractivity contribution in [1.82, 2.24) is 9.97 Å². The third-order valence-electron chi connectivity index (χ3n) is 0.817. The molecule has 3 nitrogen and oxygen atoms in total. The fourth-order valence-electron chi connectivity index (χ4n) is 0.472. The highest BCUT2D eigenvalue weighted by molar-refractivity contribution is 5.02. The molecule has 0 aliphatic heterocycles. The smallest absolute Gasteiger partial charge is 0.386 e. The maximum Gasteiger partial charge on any atom is 0.574 e. The number of aromatic nitrogens is 2. The molecule has 0 fully saturated rings. The minimum atomic E-state index is -4.83. The summed E-state index contributed by atoms with van der Waals surface area (Å²) in [6.45, 7) is 0. The molecule has 0 radical (unpaired) electrons. The maximum atomic E-state index is 12.0. The lowest BCUT2D eigenvalue weighted by atomic mass is 10.7. The third kappa shape index (κ3) is 2.69. The van der Waals surface area contributed by atoms with Gasteiger partial charge in [0.15, 0.2) is 0 Å². The first kappa shape index (κ1) is 8.69. The molecule has 1 heterocycles. The van der Waals surface area contributed by atoms with E-state index in [4.69, 9.17) is 0 Å². The zero-order chi connectivity index (χ0) is 9.19. The summed E-state index contributed by atoms with van der Waals surface area (Å²) in [6.07, 6.45) is -3.75. The summed E-state index contributed by atoms with van der Waals surface area (Å²) >= 11 is 0. The van der Waals surface area contributed by atoms with Gasteiger partial charge in [0.1, 0.15) is 0 Å². The zero-order valence-corrected chi connectivity index (χ0v) is 5.47. The molecule has 0 aromatic carbocycles. The van der Waals surface area contributed by atoms with E-state index in [0.717, 1.165) is 0 Å². The fraction of sp³-hybridized carbons (Fsp3) is 0.200.